The second kappa shape index (κ2) is 8.09. The van der Waals surface area contributed by atoms with Crippen LogP contribution in [0, 0.1) is 0 Å². The van der Waals surface area contributed by atoms with Gasteiger partial charge >= 0.3 is 0 Å². The maximum Gasteiger partial charge on any atom is 0.237 e. The van der Waals surface area contributed by atoms with E-state index in [1.165, 1.54) is 0 Å². The maximum absolute atomic E-state index is 12.8. The Morgan fingerprint density at radius 3 is 2.93 bits per heavy atom. The third-order valence-electron chi connectivity index (χ3n) is 4.93. The lowest BCUT2D eigenvalue weighted by Crippen LogP contribution is -2.42. The Morgan fingerprint density at radius 1 is 1.29 bits per heavy atom. The van der Waals surface area contributed by atoms with Gasteiger partial charge in [-0.3, -0.25) is 9.69 Å². The van der Waals surface area contributed by atoms with Crippen molar-refractivity contribution in [2.24, 2.45) is 0 Å². The van der Waals surface area contributed by atoms with E-state index in [0.29, 0.717) is 41.9 Å². The number of benzene rings is 2. The minimum Gasteiger partial charge on any atom is -0.392 e. The minimum absolute atomic E-state index is 0.143. The van der Waals surface area contributed by atoms with Crippen molar-refractivity contribution in [1.29, 1.82) is 0 Å². The van der Waals surface area contributed by atoms with Gasteiger partial charge in [-0.2, -0.15) is 0 Å². The van der Waals surface area contributed by atoms with E-state index in [0.717, 1.165) is 16.6 Å². The number of imidazole rings is 1. The highest BCUT2D eigenvalue weighted by Gasteiger charge is 2.36. The molecule has 2 aromatic carbocycles. The lowest BCUT2D eigenvalue weighted by atomic mass is 10.1. The molecule has 0 radical (unpaired) electrons. The summed E-state index contributed by atoms with van der Waals surface area (Å²) in [6.07, 6.45) is -0.177. The monoisotopic (exact) mass is 418 g/mol. The first-order valence-electron chi connectivity index (χ1n) is 9.07. The fourth-order valence-electron chi connectivity index (χ4n) is 3.59. The number of fused-ring (bicyclic) bond motifs is 1. The Morgan fingerprint density at radius 2 is 2.11 bits per heavy atom. The van der Waals surface area contributed by atoms with Gasteiger partial charge in [-0.25, -0.2) is 4.98 Å². The number of hydrogen-bond acceptors (Lipinski definition) is 4. The number of aromatic nitrogens is 2. The van der Waals surface area contributed by atoms with Crippen molar-refractivity contribution in [1.82, 2.24) is 20.2 Å². The smallest absolute Gasteiger partial charge is 0.237 e. The minimum atomic E-state index is -0.556. The molecule has 1 amide bonds. The van der Waals surface area contributed by atoms with E-state index in [1.807, 2.05) is 29.2 Å². The van der Waals surface area contributed by atoms with Crippen molar-refractivity contribution in [3.63, 3.8) is 0 Å². The van der Waals surface area contributed by atoms with Crippen molar-refractivity contribution in [3.8, 4) is 0 Å². The zero-order valence-electron chi connectivity index (χ0n) is 15.0. The molecule has 0 unspecified atom stereocenters. The van der Waals surface area contributed by atoms with Crippen molar-refractivity contribution < 1.29 is 9.90 Å². The lowest BCUT2D eigenvalue weighted by molar-refractivity contribution is -0.125. The van der Waals surface area contributed by atoms with Crippen LogP contribution >= 0.6 is 23.2 Å². The summed E-state index contributed by atoms with van der Waals surface area (Å²) in [6.45, 7) is 1.15. The molecule has 0 aliphatic carbocycles. The van der Waals surface area contributed by atoms with Gasteiger partial charge in [0.25, 0.3) is 0 Å². The van der Waals surface area contributed by atoms with Crippen LogP contribution in [-0.4, -0.2) is 44.6 Å². The first kappa shape index (κ1) is 19.2. The van der Waals surface area contributed by atoms with Crippen molar-refractivity contribution in [2.45, 2.75) is 31.7 Å². The average Bonchev–Trinajstić information content (AvgIpc) is 3.25. The Hall–Kier alpha value is -2.12. The number of aliphatic hydroxyl groups is 1. The highest BCUT2D eigenvalue weighted by atomic mass is 35.5. The molecular formula is C20H20Cl2N4O2. The molecule has 1 aliphatic rings. The summed E-state index contributed by atoms with van der Waals surface area (Å²) in [5.74, 6) is 0.549. The largest absolute Gasteiger partial charge is 0.392 e. The van der Waals surface area contributed by atoms with Gasteiger partial charge in [-0.05, 0) is 42.3 Å². The summed E-state index contributed by atoms with van der Waals surface area (Å²) in [7, 11) is 0. The number of nitrogens with zero attached hydrogens (tertiary/aromatic N) is 2. The molecule has 1 aliphatic heterocycles. The zero-order chi connectivity index (χ0) is 19.7. The van der Waals surface area contributed by atoms with E-state index < -0.39 is 12.1 Å². The maximum atomic E-state index is 12.8. The van der Waals surface area contributed by atoms with Gasteiger partial charge in [0, 0.05) is 23.1 Å². The van der Waals surface area contributed by atoms with E-state index in [2.05, 4.69) is 15.3 Å². The van der Waals surface area contributed by atoms with Crippen LogP contribution in [0.3, 0.4) is 0 Å². The molecule has 6 nitrogen and oxygen atoms in total. The van der Waals surface area contributed by atoms with Crippen LogP contribution < -0.4 is 5.32 Å². The molecule has 4 rings (SSSR count). The fraction of sp³-hybridized carbons (Fsp3) is 0.300. The number of carbonyl (C=O) groups excluding carboxylic acids is 1. The van der Waals surface area contributed by atoms with E-state index in [9.17, 15) is 9.90 Å². The number of aliphatic hydroxyl groups excluding tert-OH is 1. The second-order valence-electron chi connectivity index (χ2n) is 6.99. The van der Waals surface area contributed by atoms with Gasteiger partial charge in [0.15, 0.2) is 0 Å². The topological polar surface area (TPSA) is 81.2 Å². The highest BCUT2D eigenvalue weighted by Crippen LogP contribution is 2.26. The van der Waals surface area contributed by atoms with Gasteiger partial charge in [0.1, 0.15) is 5.82 Å². The molecule has 3 aromatic rings. The number of β-amino-alcohol motifs (C(OH)–C–C–N with tert-alkyl or cyclic N) is 1. The molecule has 28 heavy (non-hydrogen) atoms. The predicted octanol–water partition coefficient (Wildman–Crippen LogP) is 3.12. The van der Waals surface area contributed by atoms with Gasteiger partial charge in [-0.15, -0.1) is 0 Å². The first-order valence-corrected chi connectivity index (χ1v) is 9.82. The second-order valence-corrected chi connectivity index (χ2v) is 7.83. The Balaban J connectivity index is 1.43. The molecule has 0 saturated carbocycles. The predicted molar refractivity (Wildman–Crippen MR) is 109 cm³/mol. The number of aromatic amines is 1. The molecular weight excluding hydrogens is 399 g/mol. The Labute approximate surface area is 172 Å². The fourth-order valence-corrected chi connectivity index (χ4v) is 3.96. The standard InChI is InChI=1S/C20H20Cl2N4O2/c21-13-5-6-15(22)12(7-13)10-26-11-14(27)8-18(26)20(28)23-9-19-24-16-3-1-2-4-17(16)25-19/h1-7,14,18,27H,8-11H2,(H,23,28)(H,24,25)/t14-,18+/m1/s1. The quantitative estimate of drug-likeness (QED) is 0.594. The van der Waals surface area contributed by atoms with Crippen LogP contribution in [0.2, 0.25) is 10.0 Å². The molecule has 1 fully saturated rings. The average molecular weight is 419 g/mol. The summed E-state index contributed by atoms with van der Waals surface area (Å²) >= 11 is 12.3. The van der Waals surface area contributed by atoms with Crippen molar-refractivity contribution in [2.75, 3.05) is 6.54 Å². The molecule has 0 bridgehead atoms. The summed E-state index contributed by atoms with van der Waals surface area (Å²) in [4.78, 5) is 22.4. The summed E-state index contributed by atoms with van der Waals surface area (Å²) < 4.78 is 0. The SMILES string of the molecule is O=C(NCc1nc2ccccc2[nH]1)[C@@H]1C[C@@H](O)CN1Cc1cc(Cl)ccc1Cl. The van der Waals surface area contributed by atoms with Crippen molar-refractivity contribution >= 4 is 40.1 Å². The lowest BCUT2D eigenvalue weighted by Gasteiger charge is -2.23. The summed E-state index contributed by atoms with van der Waals surface area (Å²) in [6, 6.07) is 12.5. The molecule has 146 valence electrons. The molecule has 1 saturated heterocycles. The molecule has 1 aromatic heterocycles. The number of likely N-dealkylation sites (tertiary alicyclic amines) is 1. The number of nitrogens with one attached hydrogen (secondary N) is 2. The number of hydrogen-bond donors (Lipinski definition) is 3. The van der Waals surface area contributed by atoms with E-state index in [1.54, 1.807) is 18.2 Å². The van der Waals surface area contributed by atoms with Crippen LogP contribution in [0.15, 0.2) is 42.5 Å². The number of amides is 1. The number of para-hydroxylation sites is 2. The van der Waals surface area contributed by atoms with Crippen molar-refractivity contribution in [3.05, 3.63) is 63.9 Å². The van der Waals surface area contributed by atoms with Gasteiger partial charge in [0.05, 0.1) is 29.7 Å². The van der Waals surface area contributed by atoms with E-state index in [-0.39, 0.29) is 5.91 Å². The number of H-pyrrole nitrogens is 1. The highest BCUT2D eigenvalue weighted by molar-refractivity contribution is 6.33. The Bertz CT molecular complexity index is 974. The number of carbonyl (C=O) groups is 1. The normalized spacial score (nSPS) is 20.0. The van der Waals surface area contributed by atoms with Crippen LogP contribution in [0.5, 0.6) is 0 Å². The summed E-state index contributed by atoms with van der Waals surface area (Å²) in [5, 5.41) is 14.2. The number of rotatable bonds is 5. The molecule has 3 N–H and O–H groups in total. The Kier molecular flexibility index (Phi) is 5.55. The van der Waals surface area contributed by atoms with E-state index in [4.69, 9.17) is 23.2 Å². The molecule has 2 atom stereocenters. The first-order chi connectivity index (χ1) is 13.5. The molecule has 2 heterocycles. The third kappa shape index (κ3) is 4.15. The molecule has 0 spiro atoms. The van der Waals surface area contributed by atoms with E-state index >= 15 is 0 Å². The number of halogens is 2. The van der Waals surface area contributed by atoms with Crippen LogP contribution in [0.4, 0.5) is 0 Å². The van der Waals surface area contributed by atoms with Crippen LogP contribution in [0.25, 0.3) is 11.0 Å². The van der Waals surface area contributed by atoms with Gasteiger partial charge < -0.3 is 15.4 Å². The zero-order valence-corrected chi connectivity index (χ0v) is 16.5. The summed E-state index contributed by atoms with van der Waals surface area (Å²) in [5.41, 5.74) is 2.62. The van der Waals surface area contributed by atoms with Gasteiger partial charge in [0.2, 0.25) is 5.91 Å². The van der Waals surface area contributed by atoms with Crippen LogP contribution in [0.1, 0.15) is 17.8 Å². The third-order valence-corrected chi connectivity index (χ3v) is 5.54. The van der Waals surface area contributed by atoms with Gasteiger partial charge in [-0.1, -0.05) is 35.3 Å². The van der Waals surface area contributed by atoms with Crippen LogP contribution in [-0.2, 0) is 17.9 Å². The molecule has 8 heteroatoms.